The maximum absolute atomic E-state index is 13.9. The summed E-state index contributed by atoms with van der Waals surface area (Å²) in [5.41, 5.74) is 0.943. The summed E-state index contributed by atoms with van der Waals surface area (Å²) in [5, 5.41) is 10.3. The van der Waals surface area contributed by atoms with Crippen molar-refractivity contribution in [2.24, 2.45) is 4.99 Å². The standard InChI is InChI=1S/C25H16Cl2F4N4O/c26-18-7-3-15(4-8-18)21-13-23(35-34-21)32-22(11-14-9-19(27)12-20(28)10-14)33-24(36)16-1-5-17(6-2-16)25(29,30)31/h1-10,12-13H,11H2,(H2,32,33,34,35,36). The van der Waals surface area contributed by atoms with E-state index in [2.05, 4.69) is 20.5 Å². The van der Waals surface area contributed by atoms with Gasteiger partial charge in [-0.1, -0.05) is 35.3 Å². The summed E-state index contributed by atoms with van der Waals surface area (Å²) < 4.78 is 52.4. The molecule has 0 aliphatic carbocycles. The zero-order valence-corrected chi connectivity index (χ0v) is 19.7. The average molecular weight is 535 g/mol. The second kappa shape index (κ2) is 10.5. The van der Waals surface area contributed by atoms with Gasteiger partial charge in [-0.3, -0.25) is 9.89 Å². The minimum Gasteiger partial charge on any atom is -0.310 e. The molecule has 0 atom stereocenters. The molecular weight excluding hydrogens is 519 g/mol. The Balaban J connectivity index is 1.62. The van der Waals surface area contributed by atoms with Gasteiger partial charge in [0.15, 0.2) is 5.82 Å². The van der Waals surface area contributed by atoms with Gasteiger partial charge in [-0.25, -0.2) is 9.38 Å². The number of nitrogens with one attached hydrogen (secondary N) is 2. The average Bonchev–Trinajstić information content (AvgIpc) is 3.26. The Morgan fingerprint density at radius 1 is 0.944 bits per heavy atom. The SMILES string of the molecule is O=C(NC(Cc1cc(F)cc(Cl)c1)=Nc1cc(-c2ccc(Cl)cc2)[nH]n1)c1ccc(C(F)(F)F)cc1. The van der Waals surface area contributed by atoms with Crippen molar-refractivity contribution in [3.8, 4) is 11.3 Å². The van der Waals surface area contributed by atoms with Crippen LogP contribution >= 0.6 is 23.2 Å². The van der Waals surface area contributed by atoms with Crippen molar-refractivity contribution >= 4 is 40.8 Å². The Hall–Kier alpha value is -3.69. The van der Waals surface area contributed by atoms with Crippen LogP contribution in [-0.2, 0) is 12.6 Å². The van der Waals surface area contributed by atoms with Crippen molar-refractivity contribution < 1.29 is 22.4 Å². The van der Waals surface area contributed by atoms with Gasteiger partial charge in [-0.05, 0) is 65.7 Å². The Morgan fingerprint density at radius 3 is 2.28 bits per heavy atom. The number of aromatic nitrogens is 2. The van der Waals surface area contributed by atoms with Crippen LogP contribution in [0.5, 0.6) is 0 Å². The topological polar surface area (TPSA) is 70.1 Å². The molecule has 2 N–H and O–H groups in total. The summed E-state index contributed by atoms with van der Waals surface area (Å²) in [5.74, 6) is -0.977. The second-order valence-corrected chi connectivity index (χ2v) is 8.56. The lowest BCUT2D eigenvalue weighted by molar-refractivity contribution is -0.137. The molecule has 0 aliphatic rings. The third kappa shape index (κ3) is 6.50. The molecule has 36 heavy (non-hydrogen) atoms. The molecule has 3 aromatic carbocycles. The van der Waals surface area contributed by atoms with Crippen LogP contribution < -0.4 is 5.32 Å². The van der Waals surface area contributed by atoms with E-state index in [9.17, 15) is 22.4 Å². The lowest BCUT2D eigenvalue weighted by Crippen LogP contribution is -2.32. The summed E-state index contributed by atoms with van der Waals surface area (Å²) in [6.07, 6.45) is -4.56. The molecule has 0 fully saturated rings. The summed E-state index contributed by atoms with van der Waals surface area (Å²) in [6, 6.07) is 16.2. The predicted octanol–water partition coefficient (Wildman–Crippen LogP) is 7.24. The minimum absolute atomic E-state index is 0.0168. The highest BCUT2D eigenvalue weighted by atomic mass is 35.5. The molecule has 11 heteroatoms. The summed E-state index contributed by atoms with van der Waals surface area (Å²) in [4.78, 5) is 17.1. The van der Waals surface area contributed by atoms with Crippen molar-refractivity contribution in [3.05, 3.63) is 105 Å². The molecular formula is C25H16Cl2F4N4O. The van der Waals surface area contributed by atoms with Crippen molar-refractivity contribution in [1.82, 2.24) is 15.5 Å². The molecule has 1 aromatic heterocycles. The highest BCUT2D eigenvalue weighted by Gasteiger charge is 2.30. The van der Waals surface area contributed by atoms with Crippen molar-refractivity contribution in [1.29, 1.82) is 0 Å². The predicted molar refractivity (Wildman–Crippen MR) is 130 cm³/mol. The molecule has 0 aliphatic heterocycles. The first-order chi connectivity index (χ1) is 17.1. The molecule has 0 unspecified atom stereocenters. The maximum atomic E-state index is 13.9. The molecule has 0 saturated carbocycles. The van der Waals surface area contributed by atoms with Crippen LogP contribution in [0.1, 0.15) is 21.5 Å². The molecule has 5 nitrogen and oxygen atoms in total. The first-order valence-electron chi connectivity index (χ1n) is 10.4. The van der Waals surface area contributed by atoms with Crippen LogP contribution in [0.15, 0.2) is 77.8 Å². The molecule has 0 radical (unpaired) electrons. The number of nitrogens with zero attached hydrogens (tertiary/aromatic N) is 2. The van der Waals surface area contributed by atoms with E-state index in [-0.39, 0.29) is 28.7 Å². The Bertz CT molecular complexity index is 1400. The zero-order chi connectivity index (χ0) is 25.9. The number of amidine groups is 1. The number of rotatable bonds is 5. The van der Waals surface area contributed by atoms with Gasteiger partial charge in [0.2, 0.25) is 0 Å². The number of benzene rings is 3. The highest BCUT2D eigenvalue weighted by Crippen LogP contribution is 2.29. The minimum atomic E-state index is -4.53. The number of hydrogen-bond donors (Lipinski definition) is 2. The number of aliphatic imine (C=N–C) groups is 1. The number of amides is 1. The Morgan fingerprint density at radius 2 is 1.64 bits per heavy atom. The maximum Gasteiger partial charge on any atom is 0.416 e. The van der Waals surface area contributed by atoms with Crippen LogP contribution in [0.25, 0.3) is 11.3 Å². The lowest BCUT2D eigenvalue weighted by atomic mass is 10.1. The van der Waals surface area contributed by atoms with Crippen molar-refractivity contribution in [2.75, 3.05) is 0 Å². The van der Waals surface area contributed by atoms with Gasteiger partial charge < -0.3 is 5.32 Å². The van der Waals surface area contributed by atoms with Crippen LogP contribution in [0.2, 0.25) is 10.0 Å². The van der Waals surface area contributed by atoms with E-state index < -0.39 is 23.5 Å². The fourth-order valence-corrected chi connectivity index (χ4v) is 3.69. The number of aromatic amines is 1. The first kappa shape index (κ1) is 25.4. The van der Waals surface area contributed by atoms with E-state index in [0.29, 0.717) is 16.3 Å². The largest absolute Gasteiger partial charge is 0.416 e. The van der Waals surface area contributed by atoms with Crippen LogP contribution in [-0.4, -0.2) is 21.9 Å². The number of alkyl halides is 3. The monoisotopic (exact) mass is 534 g/mol. The van der Waals surface area contributed by atoms with E-state index in [1.165, 1.54) is 12.1 Å². The van der Waals surface area contributed by atoms with Crippen molar-refractivity contribution in [3.63, 3.8) is 0 Å². The zero-order valence-electron chi connectivity index (χ0n) is 18.2. The molecule has 4 aromatic rings. The van der Waals surface area contributed by atoms with Gasteiger partial charge in [0, 0.05) is 28.1 Å². The Kier molecular flexibility index (Phi) is 7.42. The molecule has 1 heterocycles. The molecule has 0 spiro atoms. The fourth-order valence-electron chi connectivity index (χ4n) is 3.32. The summed E-state index contributed by atoms with van der Waals surface area (Å²) in [7, 11) is 0. The Labute approximate surface area is 212 Å². The second-order valence-electron chi connectivity index (χ2n) is 7.69. The number of H-pyrrole nitrogens is 1. The van der Waals surface area contributed by atoms with Gasteiger partial charge in [-0.15, -0.1) is 0 Å². The molecule has 4 rings (SSSR count). The van der Waals surface area contributed by atoms with E-state index in [0.717, 1.165) is 35.9 Å². The van der Waals surface area contributed by atoms with E-state index in [1.807, 2.05) is 0 Å². The van der Waals surface area contributed by atoms with Gasteiger partial charge in [0.05, 0.1) is 11.3 Å². The van der Waals surface area contributed by atoms with Crippen LogP contribution in [0.3, 0.4) is 0 Å². The first-order valence-corrected chi connectivity index (χ1v) is 11.1. The van der Waals surface area contributed by atoms with Crippen LogP contribution in [0.4, 0.5) is 23.4 Å². The number of halogens is 6. The molecule has 0 bridgehead atoms. The molecule has 1 amide bonds. The van der Waals surface area contributed by atoms with Gasteiger partial charge in [-0.2, -0.15) is 18.3 Å². The number of hydrogen-bond acceptors (Lipinski definition) is 3. The highest BCUT2D eigenvalue weighted by molar-refractivity contribution is 6.31. The smallest absolute Gasteiger partial charge is 0.310 e. The number of carbonyl (C=O) groups is 1. The van der Waals surface area contributed by atoms with Crippen molar-refractivity contribution in [2.45, 2.75) is 12.6 Å². The quantitative estimate of drug-likeness (QED) is 0.161. The van der Waals surface area contributed by atoms with E-state index in [1.54, 1.807) is 30.3 Å². The van der Waals surface area contributed by atoms with E-state index in [4.69, 9.17) is 23.2 Å². The molecule has 0 saturated heterocycles. The summed E-state index contributed by atoms with van der Waals surface area (Å²) in [6.45, 7) is 0. The third-order valence-electron chi connectivity index (χ3n) is 5.00. The van der Waals surface area contributed by atoms with Crippen LogP contribution in [0, 0.1) is 5.82 Å². The lowest BCUT2D eigenvalue weighted by Gasteiger charge is -2.11. The fraction of sp³-hybridized carbons (Fsp3) is 0.0800. The van der Waals surface area contributed by atoms with Gasteiger partial charge >= 0.3 is 6.18 Å². The van der Waals surface area contributed by atoms with Gasteiger partial charge in [0.1, 0.15) is 11.7 Å². The van der Waals surface area contributed by atoms with E-state index >= 15 is 0 Å². The summed E-state index contributed by atoms with van der Waals surface area (Å²) >= 11 is 11.9. The third-order valence-corrected chi connectivity index (χ3v) is 5.47. The van der Waals surface area contributed by atoms with Gasteiger partial charge in [0.25, 0.3) is 5.91 Å². The molecule has 184 valence electrons. The normalized spacial score (nSPS) is 12.0. The number of carbonyl (C=O) groups excluding carboxylic acids is 1.